The standard InChI is InChI=1S/C18H24N8O2/c19-17(20)25-11-9-12(26-18(21)22)14(28-16-6-2-4-8-24-16)10-13(11)27-15-5-1-3-7-23-15/h1-8,11-14H,9-10H2,(H4,19,20,25)(H4,21,22,26)/t11-,12+,13-,14+. The zero-order valence-electron chi connectivity index (χ0n) is 15.3. The highest BCUT2D eigenvalue weighted by atomic mass is 16.5. The second kappa shape index (κ2) is 8.89. The molecule has 8 N–H and O–H groups in total. The van der Waals surface area contributed by atoms with Gasteiger partial charge in [0.1, 0.15) is 12.2 Å². The molecular weight excluding hydrogens is 360 g/mol. The first-order valence-corrected chi connectivity index (χ1v) is 8.84. The van der Waals surface area contributed by atoms with Crippen molar-refractivity contribution >= 4 is 11.9 Å². The van der Waals surface area contributed by atoms with Crippen LogP contribution in [0.15, 0.2) is 58.8 Å². The molecule has 2 aromatic rings. The third kappa shape index (κ3) is 5.22. The molecule has 0 amide bonds. The van der Waals surface area contributed by atoms with Gasteiger partial charge in [0, 0.05) is 30.9 Å². The van der Waals surface area contributed by atoms with Crippen LogP contribution in [0.5, 0.6) is 11.8 Å². The summed E-state index contributed by atoms with van der Waals surface area (Å²) < 4.78 is 12.1. The van der Waals surface area contributed by atoms with E-state index in [1.807, 2.05) is 24.3 Å². The molecule has 3 rings (SSSR count). The molecule has 2 aromatic heterocycles. The molecule has 1 saturated carbocycles. The van der Waals surface area contributed by atoms with Crippen LogP contribution in [0.1, 0.15) is 12.8 Å². The number of rotatable bonds is 6. The molecule has 0 spiro atoms. The van der Waals surface area contributed by atoms with E-state index in [9.17, 15) is 0 Å². The van der Waals surface area contributed by atoms with Crippen LogP contribution in [-0.4, -0.2) is 46.2 Å². The Bertz CT molecular complexity index is 739. The number of aromatic nitrogens is 2. The maximum Gasteiger partial charge on any atom is 0.213 e. The van der Waals surface area contributed by atoms with Crippen LogP contribution in [-0.2, 0) is 0 Å². The van der Waals surface area contributed by atoms with Gasteiger partial charge in [0.05, 0.1) is 12.1 Å². The fourth-order valence-electron chi connectivity index (χ4n) is 3.15. The summed E-state index contributed by atoms with van der Waals surface area (Å²) in [6, 6.07) is 10.1. The highest BCUT2D eigenvalue weighted by Gasteiger charge is 2.40. The Kier molecular flexibility index (Phi) is 6.10. The molecule has 2 heterocycles. The SMILES string of the molecule is NC(N)=N[C@H]1C[C@@H](N=C(N)N)[C@H](Oc2ccccn2)C[C@@H]1Oc1ccccn1. The lowest BCUT2D eigenvalue weighted by Gasteiger charge is -2.37. The highest BCUT2D eigenvalue weighted by molar-refractivity contribution is 5.76. The van der Waals surface area contributed by atoms with E-state index in [4.69, 9.17) is 32.4 Å². The number of aliphatic imine (C=N–C) groups is 2. The van der Waals surface area contributed by atoms with Gasteiger partial charge in [-0.3, -0.25) is 0 Å². The number of hydrogen-bond acceptors (Lipinski definition) is 6. The number of nitrogens with two attached hydrogens (primary N) is 4. The number of nitrogens with zero attached hydrogens (tertiary/aromatic N) is 4. The lowest BCUT2D eigenvalue weighted by Crippen LogP contribution is -2.50. The summed E-state index contributed by atoms with van der Waals surface area (Å²) in [6.07, 6.45) is 3.42. The number of ether oxygens (including phenoxy) is 2. The fraction of sp³-hybridized carbons (Fsp3) is 0.333. The zero-order chi connectivity index (χ0) is 19.9. The molecule has 10 heteroatoms. The van der Waals surface area contributed by atoms with Gasteiger partial charge in [-0.05, 0) is 18.6 Å². The first-order chi connectivity index (χ1) is 13.5. The molecule has 0 bridgehead atoms. The van der Waals surface area contributed by atoms with Crippen molar-refractivity contribution < 1.29 is 9.47 Å². The third-order valence-corrected chi connectivity index (χ3v) is 4.26. The molecular formula is C18H24N8O2. The Morgan fingerprint density at radius 3 is 1.57 bits per heavy atom. The topological polar surface area (TPSA) is 173 Å². The summed E-state index contributed by atoms with van der Waals surface area (Å²) in [5.74, 6) is 0.875. The maximum absolute atomic E-state index is 6.05. The van der Waals surface area contributed by atoms with Gasteiger partial charge in [-0.1, -0.05) is 12.1 Å². The number of pyridine rings is 2. The van der Waals surface area contributed by atoms with Crippen molar-refractivity contribution in [2.45, 2.75) is 37.1 Å². The third-order valence-electron chi connectivity index (χ3n) is 4.26. The van der Waals surface area contributed by atoms with Gasteiger partial charge in [-0.2, -0.15) is 0 Å². The van der Waals surface area contributed by atoms with Crippen LogP contribution < -0.4 is 32.4 Å². The molecule has 0 aromatic carbocycles. The van der Waals surface area contributed by atoms with Crippen molar-refractivity contribution in [3.63, 3.8) is 0 Å². The first kappa shape index (κ1) is 19.2. The van der Waals surface area contributed by atoms with Crippen molar-refractivity contribution in [2.24, 2.45) is 32.9 Å². The Balaban J connectivity index is 1.86. The molecule has 1 aliphatic rings. The Hall–Kier alpha value is -3.56. The molecule has 4 atom stereocenters. The van der Waals surface area contributed by atoms with E-state index in [1.54, 1.807) is 24.5 Å². The fourth-order valence-corrected chi connectivity index (χ4v) is 3.15. The van der Waals surface area contributed by atoms with Crippen LogP contribution in [0, 0.1) is 0 Å². The number of hydrogen-bond donors (Lipinski definition) is 4. The van der Waals surface area contributed by atoms with Gasteiger partial charge in [-0.15, -0.1) is 0 Å². The average Bonchev–Trinajstić information content (AvgIpc) is 2.66. The maximum atomic E-state index is 6.05. The second-order valence-corrected chi connectivity index (χ2v) is 6.36. The smallest absolute Gasteiger partial charge is 0.213 e. The highest BCUT2D eigenvalue weighted by Crippen LogP contribution is 2.30. The van der Waals surface area contributed by atoms with E-state index in [-0.39, 0.29) is 36.2 Å². The molecule has 0 unspecified atom stereocenters. The van der Waals surface area contributed by atoms with Gasteiger partial charge in [0.25, 0.3) is 0 Å². The monoisotopic (exact) mass is 384 g/mol. The van der Waals surface area contributed by atoms with Crippen molar-refractivity contribution in [3.05, 3.63) is 48.8 Å². The molecule has 1 fully saturated rings. The summed E-state index contributed by atoms with van der Waals surface area (Å²) in [5.41, 5.74) is 22.5. The van der Waals surface area contributed by atoms with E-state index in [0.29, 0.717) is 24.6 Å². The molecule has 28 heavy (non-hydrogen) atoms. The van der Waals surface area contributed by atoms with Crippen LogP contribution in [0.4, 0.5) is 0 Å². The zero-order valence-corrected chi connectivity index (χ0v) is 15.3. The van der Waals surface area contributed by atoms with Crippen LogP contribution in [0.3, 0.4) is 0 Å². The van der Waals surface area contributed by atoms with Gasteiger partial charge in [-0.25, -0.2) is 20.0 Å². The number of guanidine groups is 2. The lowest BCUT2D eigenvalue weighted by molar-refractivity contribution is 0.0372. The van der Waals surface area contributed by atoms with Crippen LogP contribution in [0.25, 0.3) is 0 Å². The van der Waals surface area contributed by atoms with Crippen molar-refractivity contribution in [3.8, 4) is 11.8 Å². The van der Waals surface area contributed by atoms with E-state index in [1.165, 1.54) is 0 Å². The second-order valence-electron chi connectivity index (χ2n) is 6.36. The molecule has 1 aliphatic carbocycles. The summed E-state index contributed by atoms with van der Waals surface area (Å²) >= 11 is 0. The minimum Gasteiger partial charge on any atom is -0.472 e. The Labute approximate surface area is 162 Å². The minimum absolute atomic E-state index is 0.0350. The van der Waals surface area contributed by atoms with Crippen molar-refractivity contribution in [2.75, 3.05) is 0 Å². The summed E-state index contributed by atoms with van der Waals surface area (Å²) in [5, 5.41) is 0. The van der Waals surface area contributed by atoms with Crippen LogP contribution >= 0.6 is 0 Å². The molecule has 0 aliphatic heterocycles. The van der Waals surface area contributed by atoms with Crippen molar-refractivity contribution in [1.82, 2.24) is 9.97 Å². The van der Waals surface area contributed by atoms with Crippen LogP contribution in [0.2, 0.25) is 0 Å². The van der Waals surface area contributed by atoms with E-state index in [0.717, 1.165) is 0 Å². The Morgan fingerprint density at radius 1 is 0.750 bits per heavy atom. The minimum atomic E-state index is -0.379. The summed E-state index contributed by atoms with van der Waals surface area (Å²) in [4.78, 5) is 17.0. The predicted molar refractivity (Wildman–Crippen MR) is 106 cm³/mol. The summed E-state index contributed by atoms with van der Waals surface area (Å²) in [6.45, 7) is 0. The van der Waals surface area contributed by atoms with E-state index >= 15 is 0 Å². The molecule has 0 radical (unpaired) electrons. The van der Waals surface area contributed by atoms with E-state index in [2.05, 4.69) is 20.0 Å². The lowest BCUT2D eigenvalue weighted by atomic mass is 9.86. The van der Waals surface area contributed by atoms with Gasteiger partial charge >= 0.3 is 0 Å². The Morgan fingerprint density at radius 2 is 1.21 bits per heavy atom. The predicted octanol–water partition coefficient (Wildman–Crippen LogP) is -0.251. The average molecular weight is 384 g/mol. The normalized spacial score (nSPS) is 24.0. The largest absolute Gasteiger partial charge is 0.472 e. The molecule has 148 valence electrons. The van der Waals surface area contributed by atoms with Crippen molar-refractivity contribution in [1.29, 1.82) is 0 Å². The molecule has 10 nitrogen and oxygen atoms in total. The van der Waals surface area contributed by atoms with Gasteiger partial charge in [0.15, 0.2) is 11.9 Å². The van der Waals surface area contributed by atoms with Gasteiger partial charge < -0.3 is 32.4 Å². The van der Waals surface area contributed by atoms with Gasteiger partial charge in [0.2, 0.25) is 11.8 Å². The quantitative estimate of drug-likeness (QED) is 0.389. The first-order valence-electron chi connectivity index (χ1n) is 8.84. The van der Waals surface area contributed by atoms with E-state index < -0.39 is 0 Å². The molecule has 0 saturated heterocycles. The summed E-state index contributed by atoms with van der Waals surface area (Å²) in [7, 11) is 0.